The van der Waals surface area contributed by atoms with Gasteiger partial charge in [-0.1, -0.05) is 41.3 Å². The van der Waals surface area contributed by atoms with E-state index in [0.29, 0.717) is 13.1 Å². The first-order valence-corrected chi connectivity index (χ1v) is 9.07. The van der Waals surface area contributed by atoms with Gasteiger partial charge in [-0.05, 0) is 18.6 Å². The molecule has 2 N–H and O–H groups in total. The number of hydrogen-bond donors (Lipinski definition) is 2. The SMILES string of the molecule is C=CCNc1nnc(SCCCn2c(=O)[nH]c3ccccc32)s1. The lowest BCUT2D eigenvalue weighted by molar-refractivity contribution is 0.679. The highest BCUT2D eigenvalue weighted by molar-refractivity contribution is 8.01. The predicted octanol–water partition coefficient (Wildman–Crippen LogP) is 2.96. The number of para-hydroxylation sites is 2. The van der Waals surface area contributed by atoms with E-state index in [1.54, 1.807) is 22.4 Å². The number of thioether (sulfide) groups is 1. The van der Waals surface area contributed by atoms with Crippen molar-refractivity contribution in [1.29, 1.82) is 0 Å². The van der Waals surface area contributed by atoms with E-state index in [0.717, 1.165) is 32.7 Å². The average Bonchev–Trinajstić information content (AvgIpc) is 3.13. The van der Waals surface area contributed by atoms with E-state index in [2.05, 4.69) is 27.1 Å². The van der Waals surface area contributed by atoms with Gasteiger partial charge < -0.3 is 10.3 Å². The number of hydrogen-bond acceptors (Lipinski definition) is 6. The first kappa shape index (κ1) is 15.8. The minimum Gasteiger partial charge on any atom is -0.357 e. The van der Waals surface area contributed by atoms with Gasteiger partial charge in [-0.2, -0.15) is 0 Å². The maximum absolute atomic E-state index is 12.0. The number of aromatic nitrogens is 4. The van der Waals surface area contributed by atoms with Crippen molar-refractivity contribution < 1.29 is 0 Å². The van der Waals surface area contributed by atoms with Gasteiger partial charge in [0.15, 0.2) is 4.34 Å². The van der Waals surface area contributed by atoms with Crippen LogP contribution in [0, 0.1) is 0 Å². The Morgan fingerprint density at radius 2 is 2.26 bits per heavy atom. The minimum atomic E-state index is -0.0528. The van der Waals surface area contributed by atoms with Crippen LogP contribution in [0.5, 0.6) is 0 Å². The largest absolute Gasteiger partial charge is 0.357 e. The van der Waals surface area contributed by atoms with Gasteiger partial charge >= 0.3 is 5.69 Å². The number of benzene rings is 1. The van der Waals surface area contributed by atoms with Crippen molar-refractivity contribution in [2.75, 3.05) is 17.6 Å². The molecule has 3 aromatic rings. The molecule has 6 nitrogen and oxygen atoms in total. The Bertz CT molecular complexity index is 851. The van der Waals surface area contributed by atoms with Crippen LogP contribution in [0.2, 0.25) is 0 Å². The van der Waals surface area contributed by atoms with Crippen molar-refractivity contribution in [3.8, 4) is 0 Å². The average molecular weight is 347 g/mol. The van der Waals surface area contributed by atoms with E-state index in [9.17, 15) is 4.79 Å². The van der Waals surface area contributed by atoms with Crippen molar-refractivity contribution in [2.24, 2.45) is 0 Å². The molecule has 2 heterocycles. The highest BCUT2D eigenvalue weighted by atomic mass is 32.2. The molecule has 1 aromatic carbocycles. The standard InChI is InChI=1S/C15H17N5OS2/c1-2-8-16-13-18-19-15(23-13)22-10-5-9-20-12-7-4-3-6-11(12)17-14(20)21/h2-4,6-7H,1,5,8-10H2,(H,16,18)(H,17,21). The van der Waals surface area contributed by atoms with Crippen molar-refractivity contribution in [3.63, 3.8) is 0 Å². The van der Waals surface area contributed by atoms with Crippen molar-refractivity contribution in [2.45, 2.75) is 17.3 Å². The van der Waals surface area contributed by atoms with Crippen LogP contribution in [0.3, 0.4) is 0 Å². The monoisotopic (exact) mass is 347 g/mol. The molecule has 0 aliphatic rings. The number of fused-ring (bicyclic) bond motifs is 1. The van der Waals surface area contributed by atoms with Gasteiger partial charge in [0.05, 0.1) is 11.0 Å². The molecule has 0 saturated heterocycles. The molecule has 0 saturated carbocycles. The quantitative estimate of drug-likeness (QED) is 0.372. The van der Waals surface area contributed by atoms with Gasteiger partial charge in [0.2, 0.25) is 5.13 Å². The summed E-state index contributed by atoms with van der Waals surface area (Å²) in [6, 6.07) is 7.75. The summed E-state index contributed by atoms with van der Waals surface area (Å²) >= 11 is 3.19. The summed E-state index contributed by atoms with van der Waals surface area (Å²) in [6.07, 6.45) is 2.68. The summed E-state index contributed by atoms with van der Waals surface area (Å²) in [5.41, 5.74) is 1.78. The summed E-state index contributed by atoms with van der Waals surface area (Å²) < 4.78 is 2.72. The Hall–Kier alpha value is -2.06. The Balaban J connectivity index is 1.53. The maximum atomic E-state index is 12.0. The zero-order chi connectivity index (χ0) is 16.1. The fraction of sp³-hybridized carbons (Fsp3) is 0.267. The molecule has 2 aromatic heterocycles. The molecule has 0 fully saturated rings. The lowest BCUT2D eigenvalue weighted by Gasteiger charge is -2.02. The molecule has 0 atom stereocenters. The van der Waals surface area contributed by atoms with E-state index < -0.39 is 0 Å². The summed E-state index contributed by atoms with van der Waals surface area (Å²) in [5, 5.41) is 12.1. The van der Waals surface area contributed by atoms with Gasteiger partial charge in [0, 0.05) is 18.8 Å². The highest BCUT2D eigenvalue weighted by Crippen LogP contribution is 2.26. The van der Waals surface area contributed by atoms with Crippen LogP contribution in [-0.2, 0) is 6.54 Å². The van der Waals surface area contributed by atoms with E-state index in [-0.39, 0.29) is 5.69 Å². The first-order chi connectivity index (χ1) is 11.3. The van der Waals surface area contributed by atoms with Gasteiger partial charge in [0.25, 0.3) is 0 Å². The second-order valence-corrected chi connectivity index (χ2v) is 7.16. The summed E-state index contributed by atoms with van der Waals surface area (Å²) in [4.78, 5) is 14.8. The van der Waals surface area contributed by atoms with Gasteiger partial charge in [-0.25, -0.2) is 4.79 Å². The second-order valence-electron chi connectivity index (χ2n) is 4.84. The number of aryl methyl sites for hydroxylation is 1. The molecule has 0 radical (unpaired) electrons. The van der Waals surface area contributed by atoms with Crippen LogP contribution >= 0.6 is 23.1 Å². The Labute approximate surface area is 141 Å². The molecule has 120 valence electrons. The number of H-pyrrole nitrogens is 1. The molecule has 0 amide bonds. The van der Waals surface area contributed by atoms with Crippen LogP contribution in [0.4, 0.5) is 5.13 Å². The molecule has 0 aliphatic carbocycles. The molecule has 3 rings (SSSR count). The first-order valence-electron chi connectivity index (χ1n) is 7.26. The zero-order valence-corrected chi connectivity index (χ0v) is 14.1. The maximum Gasteiger partial charge on any atom is 0.326 e. The van der Waals surface area contributed by atoms with Crippen LogP contribution < -0.4 is 11.0 Å². The Kier molecular flexibility index (Phi) is 5.14. The van der Waals surface area contributed by atoms with E-state index in [4.69, 9.17) is 0 Å². The zero-order valence-electron chi connectivity index (χ0n) is 12.5. The smallest absolute Gasteiger partial charge is 0.326 e. The molecular formula is C15H17N5OS2. The van der Waals surface area contributed by atoms with Crippen LogP contribution in [0.15, 0.2) is 46.1 Å². The van der Waals surface area contributed by atoms with E-state index >= 15 is 0 Å². The van der Waals surface area contributed by atoms with Crippen LogP contribution in [-0.4, -0.2) is 32.0 Å². The van der Waals surface area contributed by atoms with Crippen LogP contribution in [0.1, 0.15) is 6.42 Å². The third kappa shape index (κ3) is 3.83. The molecule has 0 aliphatic heterocycles. The number of imidazole rings is 1. The number of nitrogens with one attached hydrogen (secondary N) is 2. The van der Waals surface area contributed by atoms with E-state index in [1.165, 1.54) is 11.3 Å². The molecule has 0 bridgehead atoms. The van der Waals surface area contributed by atoms with Crippen molar-refractivity contribution in [3.05, 3.63) is 47.4 Å². The fourth-order valence-electron chi connectivity index (χ4n) is 2.21. The van der Waals surface area contributed by atoms with Crippen LogP contribution in [0.25, 0.3) is 11.0 Å². The predicted molar refractivity (Wildman–Crippen MR) is 96.5 cm³/mol. The minimum absolute atomic E-state index is 0.0528. The fourth-order valence-corrected chi connectivity index (χ4v) is 3.96. The summed E-state index contributed by atoms with van der Waals surface area (Å²) in [6.45, 7) is 5.03. The van der Waals surface area contributed by atoms with Gasteiger partial charge in [-0.15, -0.1) is 16.8 Å². The number of rotatable bonds is 8. The van der Waals surface area contributed by atoms with Crippen molar-refractivity contribution >= 4 is 39.3 Å². The summed E-state index contributed by atoms with van der Waals surface area (Å²) in [5.74, 6) is 0.891. The number of aromatic amines is 1. The molecular weight excluding hydrogens is 330 g/mol. The lowest BCUT2D eigenvalue weighted by atomic mass is 10.3. The van der Waals surface area contributed by atoms with E-state index in [1.807, 2.05) is 24.3 Å². The highest BCUT2D eigenvalue weighted by Gasteiger charge is 2.07. The third-order valence-corrected chi connectivity index (χ3v) is 5.34. The Morgan fingerprint density at radius 1 is 1.39 bits per heavy atom. The van der Waals surface area contributed by atoms with Crippen molar-refractivity contribution in [1.82, 2.24) is 19.7 Å². The number of anilines is 1. The molecule has 0 unspecified atom stereocenters. The lowest BCUT2D eigenvalue weighted by Crippen LogP contribution is -2.17. The van der Waals surface area contributed by atoms with Gasteiger partial charge in [0.1, 0.15) is 0 Å². The summed E-state index contributed by atoms with van der Waals surface area (Å²) in [7, 11) is 0. The number of nitrogens with zero attached hydrogens (tertiary/aromatic N) is 3. The molecule has 0 spiro atoms. The van der Waals surface area contributed by atoms with Gasteiger partial charge in [-0.3, -0.25) is 4.57 Å². The Morgan fingerprint density at radius 3 is 3.13 bits per heavy atom. The molecule has 23 heavy (non-hydrogen) atoms. The topological polar surface area (TPSA) is 75.6 Å². The second kappa shape index (κ2) is 7.47. The molecule has 8 heteroatoms. The third-order valence-electron chi connectivity index (χ3n) is 3.24. The normalized spacial score (nSPS) is 11.0.